The van der Waals surface area contributed by atoms with Crippen molar-refractivity contribution in [1.29, 1.82) is 5.41 Å². The van der Waals surface area contributed by atoms with Gasteiger partial charge in [0.15, 0.2) is 0 Å². The van der Waals surface area contributed by atoms with Gasteiger partial charge in [-0.2, -0.15) is 0 Å². The summed E-state index contributed by atoms with van der Waals surface area (Å²) in [5, 5.41) is 22.8. The van der Waals surface area contributed by atoms with Crippen molar-refractivity contribution < 1.29 is 14.6 Å². The second-order valence-electron chi connectivity index (χ2n) is 5.42. The van der Waals surface area contributed by atoms with E-state index in [0.717, 1.165) is 5.56 Å². The van der Waals surface area contributed by atoms with E-state index in [4.69, 9.17) is 15.9 Å². The van der Waals surface area contributed by atoms with Gasteiger partial charge >= 0.3 is 6.03 Å². The van der Waals surface area contributed by atoms with Crippen molar-refractivity contribution in [2.75, 3.05) is 18.2 Å². The lowest BCUT2D eigenvalue weighted by atomic mass is 10.0. The summed E-state index contributed by atoms with van der Waals surface area (Å²) < 4.78 is 4.80. The van der Waals surface area contributed by atoms with Gasteiger partial charge in [0.2, 0.25) is 5.90 Å². The number of hydrogen-bond acceptors (Lipinski definition) is 6. The molecule has 132 valence electrons. The topological polar surface area (TPSA) is 133 Å². The van der Waals surface area contributed by atoms with E-state index < -0.39 is 18.2 Å². The molecule has 0 radical (unpaired) electrons. The van der Waals surface area contributed by atoms with Gasteiger partial charge in [0.05, 0.1) is 24.8 Å². The number of ether oxygens (including phenoxy) is 1. The molecule has 2 unspecified atom stereocenters. The number of pyridine rings is 1. The van der Waals surface area contributed by atoms with E-state index in [1.807, 2.05) is 30.3 Å². The summed E-state index contributed by atoms with van der Waals surface area (Å²) in [6, 6.07) is 9.48. The molecule has 1 aromatic carbocycles. The molecule has 0 bridgehead atoms. The number of benzene rings is 1. The number of anilines is 2. The Bertz CT molecular complexity index is 749. The first-order valence-electron chi connectivity index (χ1n) is 7.61. The van der Waals surface area contributed by atoms with E-state index in [2.05, 4.69) is 15.6 Å². The Labute approximate surface area is 145 Å². The average molecular weight is 343 g/mol. The van der Waals surface area contributed by atoms with Gasteiger partial charge in [-0.15, -0.1) is 0 Å². The molecule has 25 heavy (non-hydrogen) atoms. The second-order valence-corrected chi connectivity index (χ2v) is 5.42. The highest BCUT2D eigenvalue weighted by Gasteiger charge is 2.20. The van der Waals surface area contributed by atoms with Gasteiger partial charge in [-0.25, -0.2) is 9.78 Å². The van der Waals surface area contributed by atoms with Gasteiger partial charge in [-0.3, -0.25) is 10.7 Å². The monoisotopic (exact) mass is 343 g/mol. The van der Waals surface area contributed by atoms with E-state index in [0.29, 0.717) is 5.56 Å². The number of urea groups is 1. The SMILES string of the molecule is COC(=N)c1cnc(NC(=O)NC(c2ccccc2)C(C)O)cc1N. The second kappa shape index (κ2) is 8.11. The maximum Gasteiger partial charge on any atom is 0.320 e. The molecule has 6 N–H and O–H groups in total. The van der Waals surface area contributed by atoms with Gasteiger partial charge in [0.25, 0.3) is 0 Å². The van der Waals surface area contributed by atoms with Crippen LogP contribution in [0, 0.1) is 5.41 Å². The summed E-state index contributed by atoms with van der Waals surface area (Å²) in [7, 11) is 1.36. The number of nitrogens with zero attached hydrogens (tertiary/aromatic N) is 1. The number of nitrogens with two attached hydrogens (primary N) is 1. The smallest absolute Gasteiger partial charge is 0.320 e. The molecular formula is C17H21N5O3. The fraction of sp³-hybridized carbons (Fsp3) is 0.235. The first-order chi connectivity index (χ1) is 11.9. The third-order valence-corrected chi connectivity index (χ3v) is 3.55. The average Bonchev–Trinajstić information content (AvgIpc) is 2.59. The van der Waals surface area contributed by atoms with Crippen LogP contribution in [0.25, 0.3) is 0 Å². The van der Waals surface area contributed by atoms with E-state index in [1.165, 1.54) is 19.4 Å². The Morgan fingerprint density at radius 2 is 2.04 bits per heavy atom. The highest BCUT2D eigenvalue weighted by atomic mass is 16.5. The minimum Gasteiger partial charge on any atom is -0.481 e. The summed E-state index contributed by atoms with van der Waals surface area (Å²) in [6.07, 6.45) is 0.566. The lowest BCUT2D eigenvalue weighted by Crippen LogP contribution is -2.38. The highest BCUT2D eigenvalue weighted by Crippen LogP contribution is 2.18. The van der Waals surface area contributed by atoms with Crippen molar-refractivity contribution >= 4 is 23.4 Å². The number of carbonyl (C=O) groups excluding carboxylic acids is 1. The van der Waals surface area contributed by atoms with Crippen LogP contribution in [0.4, 0.5) is 16.3 Å². The maximum atomic E-state index is 12.2. The minimum atomic E-state index is -0.782. The van der Waals surface area contributed by atoms with E-state index in [1.54, 1.807) is 6.92 Å². The predicted molar refractivity (Wildman–Crippen MR) is 95.5 cm³/mol. The van der Waals surface area contributed by atoms with Crippen LogP contribution in [-0.2, 0) is 4.74 Å². The third-order valence-electron chi connectivity index (χ3n) is 3.55. The van der Waals surface area contributed by atoms with Crippen molar-refractivity contribution in [3.63, 3.8) is 0 Å². The van der Waals surface area contributed by atoms with Gasteiger partial charge < -0.3 is 20.9 Å². The summed E-state index contributed by atoms with van der Waals surface area (Å²) >= 11 is 0. The number of hydrogen-bond donors (Lipinski definition) is 5. The van der Waals surface area contributed by atoms with Crippen molar-refractivity contribution in [2.45, 2.75) is 19.1 Å². The van der Waals surface area contributed by atoms with Crippen LogP contribution in [0.3, 0.4) is 0 Å². The lowest BCUT2D eigenvalue weighted by molar-refractivity contribution is 0.148. The molecule has 8 nitrogen and oxygen atoms in total. The van der Waals surface area contributed by atoms with E-state index in [9.17, 15) is 9.90 Å². The zero-order valence-electron chi connectivity index (χ0n) is 14.0. The lowest BCUT2D eigenvalue weighted by Gasteiger charge is -2.22. The van der Waals surface area contributed by atoms with Crippen LogP contribution in [0.15, 0.2) is 42.6 Å². The number of aliphatic hydroxyl groups excluding tert-OH is 1. The molecule has 0 aliphatic carbocycles. The number of nitrogens with one attached hydrogen (secondary N) is 3. The molecule has 1 aromatic heterocycles. The maximum absolute atomic E-state index is 12.2. The van der Waals surface area contributed by atoms with Crippen LogP contribution < -0.4 is 16.4 Å². The summed E-state index contributed by atoms with van der Waals surface area (Å²) in [6.45, 7) is 1.60. The Kier molecular flexibility index (Phi) is 5.91. The Morgan fingerprint density at radius 3 is 2.60 bits per heavy atom. The van der Waals surface area contributed by atoms with Crippen molar-refractivity contribution in [3.05, 3.63) is 53.7 Å². The molecular weight excluding hydrogens is 322 g/mol. The van der Waals surface area contributed by atoms with Gasteiger partial charge in [-0.1, -0.05) is 30.3 Å². The molecule has 2 aromatic rings. The van der Waals surface area contributed by atoms with Crippen LogP contribution in [0.2, 0.25) is 0 Å². The third kappa shape index (κ3) is 4.67. The molecule has 0 aliphatic rings. The normalized spacial score (nSPS) is 12.8. The molecule has 0 aliphatic heterocycles. The molecule has 2 rings (SSSR count). The quantitative estimate of drug-likeness (QED) is 0.417. The molecule has 8 heteroatoms. The van der Waals surface area contributed by atoms with E-state index >= 15 is 0 Å². The molecule has 0 saturated heterocycles. The predicted octanol–water partition coefficient (Wildman–Crippen LogP) is 1.88. The number of aliphatic hydroxyl groups is 1. The number of carbonyl (C=O) groups is 1. The number of amides is 2. The number of rotatable bonds is 5. The molecule has 2 amide bonds. The summed E-state index contributed by atoms with van der Waals surface area (Å²) in [4.78, 5) is 16.2. The standard InChI is InChI=1S/C17H21N5O3/c1-10(23)15(11-6-4-3-5-7-11)22-17(24)21-14-8-13(18)12(9-20-14)16(19)25-2/h3-10,15,19,23H,1-2H3,(H4,18,20,21,22,24). The largest absolute Gasteiger partial charge is 0.481 e. The summed E-state index contributed by atoms with van der Waals surface area (Å²) in [5.74, 6) is 0.110. The zero-order valence-corrected chi connectivity index (χ0v) is 14.0. The first kappa shape index (κ1) is 18.2. The van der Waals surface area contributed by atoms with Crippen molar-refractivity contribution in [2.24, 2.45) is 0 Å². The minimum absolute atomic E-state index is 0.112. The first-order valence-corrected chi connectivity index (χ1v) is 7.61. The zero-order chi connectivity index (χ0) is 18.4. The number of methoxy groups -OCH3 is 1. The fourth-order valence-corrected chi connectivity index (χ4v) is 2.28. The fourth-order valence-electron chi connectivity index (χ4n) is 2.28. The highest BCUT2D eigenvalue weighted by molar-refractivity contribution is 5.97. The molecule has 0 spiro atoms. The van der Waals surface area contributed by atoms with Crippen molar-refractivity contribution in [3.8, 4) is 0 Å². The van der Waals surface area contributed by atoms with Crippen molar-refractivity contribution in [1.82, 2.24) is 10.3 Å². The Balaban J connectivity index is 2.08. The molecule has 1 heterocycles. The van der Waals surface area contributed by atoms with Crippen LogP contribution in [0.1, 0.15) is 24.1 Å². The van der Waals surface area contributed by atoms with Gasteiger partial charge in [0, 0.05) is 18.0 Å². The summed E-state index contributed by atoms with van der Waals surface area (Å²) in [5.41, 5.74) is 7.21. The Hall–Kier alpha value is -3.13. The molecule has 0 fully saturated rings. The van der Waals surface area contributed by atoms with Crippen LogP contribution in [-0.4, -0.2) is 35.2 Å². The number of aromatic nitrogens is 1. The van der Waals surface area contributed by atoms with Crippen LogP contribution in [0.5, 0.6) is 0 Å². The number of nitrogen functional groups attached to an aromatic ring is 1. The van der Waals surface area contributed by atoms with Crippen LogP contribution >= 0.6 is 0 Å². The molecule has 2 atom stereocenters. The molecule has 0 saturated carbocycles. The van der Waals surface area contributed by atoms with E-state index in [-0.39, 0.29) is 17.4 Å². The van der Waals surface area contributed by atoms with Gasteiger partial charge in [-0.05, 0) is 12.5 Å². The van der Waals surface area contributed by atoms with Gasteiger partial charge in [0.1, 0.15) is 5.82 Å². The Morgan fingerprint density at radius 1 is 1.36 bits per heavy atom.